The Labute approximate surface area is 175 Å². The number of para-hydroxylation sites is 2. The van der Waals surface area contributed by atoms with E-state index in [9.17, 15) is 9.59 Å². The van der Waals surface area contributed by atoms with E-state index in [2.05, 4.69) is 22.2 Å². The van der Waals surface area contributed by atoms with Gasteiger partial charge in [-0.25, -0.2) is 4.68 Å². The number of carbonyl (C=O) groups is 1. The summed E-state index contributed by atoms with van der Waals surface area (Å²) in [5.74, 6) is -0.322. The standard InChI is InChI=1S/C23H26N4O3/c1-2-3-12-27-23(29)18-9-5-4-8-17(18)21(25-27)22(28)24-19-10-6-7-11-20(19)26-13-15-30-16-14-26/h4-11H,2-3,12-16H2,1H3,(H,24,28). The first kappa shape index (κ1) is 20.1. The molecule has 1 fully saturated rings. The van der Waals surface area contributed by atoms with Gasteiger partial charge in [-0.3, -0.25) is 9.59 Å². The predicted octanol–water partition coefficient (Wildman–Crippen LogP) is 3.29. The second-order valence-electron chi connectivity index (χ2n) is 7.35. The normalized spacial score (nSPS) is 14.1. The van der Waals surface area contributed by atoms with Gasteiger partial charge in [-0.05, 0) is 24.6 Å². The molecule has 30 heavy (non-hydrogen) atoms. The molecule has 1 aromatic heterocycles. The molecular formula is C23H26N4O3. The van der Waals surface area contributed by atoms with Crippen molar-refractivity contribution < 1.29 is 9.53 Å². The third-order valence-electron chi connectivity index (χ3n) is 5.31. The number of aromatic nitrogens is 2. The molecule has 0 radical (unpaired) electrons. The lowest BCUT2D eigenvalue weighted by molar-refractivity contribution is 0.102. The molecular weight excluding hydrogens is 380 g/mol. The van der Waals surface area contributed by atoms with Crippen LogP contribution < -0.4 is 15.8 Å². The third-order valence-corrected chi connectivity index (χ3v) is 5.31. The third kappa shape index (κ3) is 4.07. The molecule has 2 heterocycles. The number of carbonyl (C=O) groups excluding carboxylic acids is 1. The van der Waals surface area contributed by atoms with E-state index in [1.165, 1.54) is 4.68 Å². The molecule has 1 amide bonds. The summed E-state index contributed by atoms with van der Waals surface area (Å²) >= 11 is 0. The van der Waals surface area contributed by atoms with Gasteiger partial charge in [-0.1, -0.05) is 43.7 Å². The fourth-order valence-corrected chi connectivity index (χ4v) is 3.70. The van der Waals surface area contributed by atoms with Crippen molar-refractivity contribution in [3.05, 3.63) is 64.6 Å². The Hall–Kier alpha value is -3.19. The van der Waals surface area contributed by atoms with Crippen LogP contribution in [-0.4, -0.2) is 42.0 Å². The lowest BCUT2D eigenvalue weighted by Gasteiger charge is -2.30. The maximum atomic E-state index is 13.3. The SMILES string of the molecule is CCCCn1nc(C(=O)Nc2ccccc2N2CCOCC2)c2ccccc2c1=O. The summed E-state index contributed by atoms with van der Waals surface area (Å²) in [5.41, 5.74) is 1.78. The molecule has 1 aliphatic heterocycles. The summed E-state index contributed by atoms with van der Waals surface area (Å²) in [4.78, 5) is 28.2. The molecule has 0 unspecified atom stereocenters. The van der Waals surface area contributed by atoms with Crippen molar-refractivity contribution in [1.82, 2.24) is 9.78 Å². The molecule has 0 spiro atoms. The minimum Gasteiger partial charge on any atom is -0.378 e. The highest BCUT2D eigenvalue weighted by Gasteiger charge is 2.20. The Bertz CT molecular complexity index is 1100. The van der Waals surface area contributed by atoms with Gasteiger partial charge in [0.1, 0.15) is 0 Å². The maximum Gasteiger partial charge on any atom is 0.276 e. The van der Waals surface area contributed by atoms with Crippen LogP contribution in [0.1, 0.15) is 30.3 Å². The van der Waals surface area contributed by atoms with Crippen molar-refractivity contribution in [3.63, 3.8) is 0 Å². The summed E-state index contributed by atoms with van der Waals surface area (Å²) < 4.78 is 6.86. The molecule has 0 saturated carbocycles. The van der Waals surface area contributed by atoms with Crippen molar-refractivity contribution in [2.45, 2.75) is 26.3 Å². The second-order valence-corrected chi connectivity index (χ2v) is 7.35. The van der Waals surface area contributed by atoms with Crippen molar-refractivity contribution in [2.75, 3.05) is 36.5 Å². The van der Waals surface area contributed by atoms with Gasteiger partial charge < -0.3 is 15.0 Å². The van der Waals surface area contributed by atoms with Gasteiger partial charge in [0.25, 0.3) is 11.5 Å². The Balaban J connectivity index is 1.71. The summed E-state index contributed by atoms with van der Waals surface area (Å²) in [6.07, 6.45) is 1.77. The number of morpholine rings is 1. The van der Waals surface area contributed by atoms with Gasteiger partial charge in [0.2, 0.25) is 0 Å². The number of aryl methyl sites for hydroxylation is 1. The van der Waals surface area contributed by atoms with Crippen LogP contribution in [0.5, 0.6) is 0 Å². The van der Waals surface area contributed by atoms with Gasteiger partial charge in [0.15, 0.2) is 5.69 Å². The van der Waals surface area contributed by atoms with Gasteiger partial charge in [0, 0.05) is 25.0 Å². The first-order valence-corrected chi connectivity index (χ1v) is 10.4. The predicted molar refractivity (Wildman–Crippen MR) is 118 cm³/mol. The zero-order valence-electron chi connectivity index (χ0n) is 17.1. The Morgan fingerprint density at radius 1 is 1.07 bits per heavy atom. The number of ether oxygens (including phenoxy) is 1. The number of hydrogen-bond acceptors (Lipinski definition) is 5. The molecule has 0 bridgehead atoms. The van der Waals surface area contributed by atoms with Crippen LogP contribution in [-0.2, 0) is 11.3 Å². The molecule has 7 heteroatoms. The second kappa shape index (κ2) is 9.09. The van der Waals surface area contributed by atoms with E-state index in [0.717, 1.165) is 37.3 Å². The summed E-state index contributed by atoms with van der Waals surface area (Å²) in [6, 6.07) is 14.9. The van der Waals surface area contributed by atoms with E-state index in [4.69, 9.17) is 4.74 Å². The minimum atomic E-state index is -0.322. The lowest BCUT2D eigenvalue weighted by Crippen LogP contribution is -2.36. The molecule has 1 saturated heterocycles. The smallest absolute Gasteiger partial charge is 0.276 e. The van der Waals surface area contributed by atoms with Crippen molar-refractivity contribution in [1.29, 1.82) is 0 Å². The topological polar surface area (TPSA) is 76.5 Å². The van der Waals surface area contributed by atoms with Crippen molar-refractivity contribution in [3.8, 4) is 0 Å². The zero-order valence-corrected chi connectivity index (χ0v) is 17.1. The van der Waals surface area contributed by atoms with E-state index < -0.39 is 0 Å². The number of anilines is 2. The molecule has 3 aromatic rings. The lowest BCUT2D eigenvalue weighted by atomic mass is 10.1. The average Bonchev–Trinajstić information content (AvgIpc) is 2.79. The van der Waals surface area contributed by atoms with Gasteiger partial charge in [-0.2, -0.15) is 5.10 Å². The van der Waals surface area contributed by atoms with Crippen LogP contribution in [0.4, 0.5) is 11.4 Å². The van der Waals surface area contributed by atoms with Crippen LogP contribution >= 0.6 is 0 Å². The Morgan fingerprint density at radius 3 is 2.53 bits per heavy atom. The van der Waals surface area contributed by atoms with E-state index >= 15 is 0 Å². The molecule has 0 aliphatic carbocycles. The highest BCUT2D eigenvalue weighted by Crippen LogP contribution is 2.27. The zero-order chi connectivity index (χ0) is 20.9. The van der Waals surface area contributed by atoms with E-state index in [1.54, 1.807) is 12.1 Å². The van der Waals surface area contributed by atoms with Crippen LogP contribution in [0.2, 0.25) is 0 Å². The summed E-state index contributed by atoms with van der Waals surface area (Å²) in [5, 5.41) is 8.53. The first-order chi connectivity index (χ1) is 14.7. The highest BCUT2D eigenvalue weighted by molar-refractivity contribution is 6.12. The number of nitrogens with one attached hydrogen (secondary N) is 1. The van der Waals surface area contributed by atoms with Gasteiger partial charge in [0.05, 0.1) is 30.0 Å². The first-order valence-electron chi connectivity index (χ1n) is 10.4. The Kier molecular flexibility index (Phi) is 6.09. The van der Waals surface area contributed by atoms with Crippen molar-refractivity contribution in [2.24, 2.45) is 0 Å². The Morgan fingerprint density at radius 2 is 1.77 bits per heavy atom. The van der Waals surface area contributed by atoms with E-state index in [1.807, 2.05) is 36.4 Å². The van der Waals surface area contributed by atoms with Crippen LogP contribution in [0, 0.1) is 0 Å². The van der Waals surface area contributed by atoms with Crippen LogP contribution in [0.15, 0.2) is 53.3 Å². The van der Waals surface area contributed by atoms with Crippen molar-refractivity contribution >= 4 is 28.1 Å². The van der Waals surface area contributed by atoms with Gasteiger partial charge in [-0.15, -0.1) is 0 Å². The maximum absolute atomic E-state index is 13.3. The quantitative estimate of drug-likeness (QED) is 0.680. The molecule has 2 aromatic carbocycles. The van der Waals surface area contributed by atoms with E-state index in [0.29, 0.717) is 30.5 Å². The van der Waals surface area contributed by atoms with Crippen LogP contribution in [0.25, 0.3) is 10.8 Å². The highest BCUT2D eigenvalue weighted by atomic mass is 16.5. The van der Waals surface area contributed by atoms with Gasteiger partial charge >= 0.3 is 0 Å². The van der Waals surface area contributed by atoms with E-state index in [-0.39, 0.29) is 17.2 Å². The monoisotopic (exact) mass is 406 g/mol. The fourth-order valence-electron chi connectivity index (χ4n) is 3.70. The number of nitrogens with zero attached hydrogens (tertiary/aromatic N) is 3. The number of unbranched alkanes of at least 4 members (excludes halogenated alkanes) is 1. The number of fused-ring (bicyclic) bond motifs is 1. The molecule has 4 rings (SSSR count). The molecule has 156 valence electrons. The summed E-state index contributed by atoms with van der Waals surface area (Å²) in [7, 11) is 0. The number of amides is 1. The minimum absolute atomic E-state index is 0.163. The largest absolute Gasteiger partial charge is 0.378 e. The number of hydrogen-bond donors (Lipinski definition) is 1. The molecule has 7 nitrogen and oxygen atoms in total. The number of benzene rings is 2. The summed E-state index contributed by atoms with van der Waals surface area (Å²) in [6.45, 7) is 5.42. The van der Waals surface area contributed by atoms with Crippen LogP contribution in [0.3, 0.4) is 0 Å². The molecule has 0 atom stereocenters. The molecule has 1 N–H and O–H groups in total. The average molecular weight is 406 g/mol. The molecule has 1 aliphatic rings. The number of rotatable bonds is 6. The fraction of sp³-hybridized carbons (Fsp3) is 0.348.